The Kier molecular flexibility index (Phi) is 7.29. The maximum atomic E-state index is 11.3. The zero-order valence-electron chi connectivity index (χ0n) is 18.2. The highest BCUT2D eigenvalue weighted by Crippen LogP contribution is 2.49. The zero-order valence-corrected chi connectivity index (χ0v) is 20.5. The van der Waals surface area contributed by atoms with E-state index in [1.807, 2.05) is 54.6 Å². The predicted octanol–water partition coefficient (Wildman–Crippen LogP) is 7.98. The van der Waals surface area contributed by atoms with Crippen LogP contribution in [0.5, 0.6) is 0 Å². The fourth-order valence-electron chi connectivity index (χ4n) is 4.42. The van der Waals surface area contributed by atoms with E-state index in [2.05, 4.69) is 24.8 Å². The topological polar surface area (TPSA) is 23.5 Å². The third-order valence-corrected chi connectivity index (χ3v) is 6.63. The number of hydrogen-bond donors (Lipinski definition) is 1. The summed E-state index contributed by atoms with van der Waals surface area (Å²) in [6.07, 6.45) is 2.52. The molecule has 0 amide bonds. The number of likely N-dealkylation sites (N-methyl/N-ethyl adjacent to an activating group) is 1. The van der Waals surface area contributed by atoms with Crippen LogP contribution in [-0.2, 0) is 0 Å². The van der Waals surface area contributed by atoms with E-state index in [1.54, 1.807) is 0 Å². The Labute approximate surface area is 205 Å². The third-order valence-electron chi connectivity index (χ3n) is 5.92. The van der Waals surface area contributed by atoms with Crippen LogP contribution in [0.3, 0.4) is 0 Å². The summed E-state index contributed by atoms with van der Waals surface area (Å²) in [5.74, 6) is 0. The van der Waals surface area contributed by atoms with Crippen molar-refractivity contribution in [2.24, 2.45) is 0 Å². The summed E-state index contributed by atoms with van der Waals surface area (Å²) < 4.78 is 0. The van der Waals surface area contributed by atoms with E-state index in [4.69, 9.17) is 34.8 Å². The van der Waals surface area contributed by atoms with Gasteiger partial charge in [0, 0.05) is 21.6 Å². The maximum Gasteiger partial charge on any atom is 0.0923 e. The molecule has 1 unspecified atom stereocenters. The Morgan fingerprint density at radius 3 is 2.22 bits per heavy atom. The lowest BCUT2D eigenvalue weighted by Gasteiger charge is -2.25. The van der Waals surface area contributed by atoms with E-state index in [0.717, 1.165) is 58.5 Å². The van der Waals surface area contributed by atoms with Crippen LogP contribution in [0.4, 0.5) is 0 Å². The Morgan fingerprint density at radius 2 is 1.53 bits per heavy atom. The van der Waals surface area contributed by atoms with E-state index < -0.39 is 6.10 Å². The van der Waals surface area contributed by atoms with Gasteiger partial charge in [-0.3, -0.25) is 0 Å². The van der Waals surface area contributed by atoms with Crippen molar-refractivity contribution in [2.45, 2.75) is 26.4 Å². The van der Waals surface area contributed by atoms with Gasteiger partial charge in [-0.2, -0.15) is 0 Å². The molecule has 0 heterocycles. The molecule has 3 aromatic rings. The molecule has 3 aromatic carbocycles. The van der Waals surface area contributed by atoms with Gasteiger partial charge in [0.15, 0.2) is 0 Å². The van der Waals surface area contributed by atoms with Gasteiger partial charge in [-0.15, -0.1) is 0 Å². The average Bonchev–Trinajstić information content (AvgIpc) is 3.06. The van der Waals surface area contributed by atoms with Crippen LogP contribution in [0.1, 0.15) is 48.6 Å². The van der Waals surface area contributed by atoms with E-state index in [0.29, 0.717) is 21.6 Å². The molecule has 2 nitrogen and oxygen atoms in total. The minimum Gasteiger partial charge on any atom is -0.387 e. The van der Waals surface area contributed by atoms with Crippen molar-refractivity contribution in [3.63, 3.8) is 0 Å². The van der Waals surface area contributed by atoms with Crippen molar-refractivity contribution in [3.05, 3.63) is 91.9 Å². The van der Waals surface area contributed by atoms with Crippen LogP contribution >= 0.6 is 34.8 Å². The summed E-state index contributed by atoms with van der Waals surface area (Å²) in [5, 5.41) is 13.2. The van der Waals surface area contributed by atoms with Gasteiger partial charge in [0.1, 0.15) is 0 Å². The summed E-state index contributed by atoms with van der Waals surface area (Å²) in [5.41, 5.74) is 7.07. The summed E-state index contributed by atoms with van der Waals surface area (Å²) in [7, 11) is 0. The average molecular weight is 487 g/mol. The normalized spacial score (nSPS) is 14.7. The van der Waals surface area contributed by atoms with Crippen LogP contribution in [0, 0.1) is 0 Å². The minimum absolute atomic E-state index is 0.566. The Bertz CT molecular complexity index is 1150. The van der Waals surface area contributed by atoms with Crippen molar-refractivity contribution in [1.82, 2.24) is 4.90 Å². The van der Waals surface area contributed by atoms with Crippen LogP contribution in [0.2, 0.25) is 15.1 Å². The summed E-state index contributed by atoms with van der Waals surface area (Å²) >= 11 is 19.0. The fraction of sp³-hybridized carbons (Fsp3) is 0.259. The van der Waals surface area contributed by atoms with E-state index in [9.17, 15) is 5.11 Å². The highest BCUT2D eigenvalue weighted by molar-refractivity contribution is 6.32. The molecule has 166 valence electrons. The zero-order chi connectivity index (χ0) is 22.8. The van der Waals surface area contributed by atoms with E-state index in [-0.39, 0.29) is 0 Å². The summed E-state index contributed by atoms with van der Waals surface area (Å²) in [6, 6.07) is 17.5. The number of fused-ring (bicyclic) bond motifs is 3. The molecule has 32 heavy (non-hydrogen) atoms. The molecular formula is C27H26Cl3NO. The standard InChI is InChI=1S/C27H26Cl3NO/c1-3-11-31(4-2)16-26(32)25-15-20(30)14-24-22(12-17-5-7-18(28)8-6-17)23-13-19(29)9-10-21(23)27(24)25/h5-10,12-15,26,32H,3-4,11,16H2,1-2H3. The smallest absolute Gasteiger partial charge is 0.0923 e. The molecule has 1 aliphatic rings. The molecule has 4 rings (SSSR count). The molecule has 1 atom stereocenters. The largest absolute Gasteiger partial charge is 0.387 e. The SMILES string of the molecule is CCCN(CC)CC(O)c1cc(Cl)cc2c1-c1ccc(Cl)cc1C2=Cc1ccc(Cl)cc1. The number of halogens is 3. The molecule has 1 N–H and O–H groups in total. The maximum absolute atomic E-state index is 11.3. The first-order valence-corrected chi connectivity index (χ1v) is 12.1. The fourth-order valence-corrected chi connectivity index (χ4v) is 4.95. The Morgan fingerprint density at radius 1 is 0.844 bits per heavy atom. The number of rotatable bonds is 7. The monoisotopic (exact) mass is 485 g/mol. The molecule has 0 aromatic heterocycles. The lowest BCUT2D eigenvalue weighted by atomic mass is 9.94. The molecule has 0 fully saturated rings. The lowest BCUT2D eigenvalue weighted by Crippen LogP contribution is -2.29. The molecule has 0 bridgehead atoms. The third kappa shape index (κ3) is 4.76. The van der Waals surface area contributed by atoms with Gasteiger partial charge >= 0.3 is 0 Å². The van der Waals surface area contributed by atoms with Crippen molar-refractivity contribution < 1.29 is 5.11 Å². The number of aliphatic hydroxyl groups is 1. The van der Waals surface area contributed by atoms with Gasteiger partial charge in [-0.05, 0) is 101 Å². The Balaban J connectivity index is 1.87. The van der Waals surface area contributed by atoms with Crippen molar-refractivity contribution >= 4 is 46.5 Å². The number of nitrogens with zero attached hydrogens (tertiary/aromatic N) is 1. The number of benzene rings is 3. The highest BCUT2D eigenvalue weighted by Gasteiger charge is 2.29. The molecular weight excluding hydrogens is 461 g/mol. The quantitative estimate of drug-likeness (QED) is 0.286. The molecule has 5 heteroatoms. The van der Waals surface area contributed by atoms with Crippen LogP contribution in [0.15, 0.2) is 54.6 Å². The first-order chi connectivity index (χ1) is 15.4. The van der Waals surface area contributed by atoms with E-state index >= 15 is 0 Å². The molecule has 0 spiro atoms. The van der Waals surface area contributed by atoms with Crippen LogP contribution in [-0.4, -0.2) is 29.6 Å². The van der Waals surface area contributed by atoms with Crippen molar-refractivity contribution in [1.29, 1.82) is 0 Å². The van der Waals surface area contributed by atoms with Gasteiger partial charge in [0.25, 0.3) is 0 Å². The van der Waals surface area contributed by atoms with Crippen molar-refractivity contribution in [3.8, 4) is 11.1 Å². The Hall–Kier alpha value is -1.81. The summed E-state index contributed by atoms with van der Waals surface area (Å²) in [6.45, 7) is 6.68. The van der Waals surface area contributed by atoms with Crippen LogP contribution < -0.4 is 0 Å². The van der Waals surface area contributed by atoms with Gasteiger partial charge in [-0.1, -0.05) is 66.8 Å². The second-order valence-corrected chi connectivity index (χ2v) is 9.44. The molecule has 0 aliphatic heterocycles. The number of hydrogen-bond acceptors (Lipinski definition) is 2. The molecule has 0 saturated carbocycles. The van der Waals surface area contributed by atoms with Crippen molar-refractivity contribution in [2.75, 3.05) is 19.6 Å². The number of aliphatic hydroxyl groups excluding tert-OH is 1. The van der Waals surface area contributed by atoms with Gasteiger partial charge in [0.05, 0.1) is 6.10 Å². The molecule has 0 radical (unpaired) electrons. The van der Waals surface area contributed by atoms with Gasteiger partial charge < -0.3 is 10.0 Å². The second kappa shape index (κ2) is 9.99. The van der Waals surface area contributed by atoms with Gasteiger partial charge in [0.2, 0.25) is 0 Å². The predicted molar refractivity (Wildman–Crippen MR) is 138 cm³/mol. The lowest BCUT2D eigenvalue weighted by molar-refractivity contribution is 0.116. The summed E-state index contributed by atoms with van der Waals surface area (Å²) in [4.78, 5) is 2.26. The highest BCUT2D eigenvalue weighted by atomic mass is 35.5. The molecule has 0 saturated heterocycles. The first kappa shape index (κ1) is 23.4. The van der Waals surface area contributed by atoms with E-state index in [1.165, 1.54) is 0 Å². The first-order valence-electron chi connectivity index (χ1n) is 10.9. The van der Waals surface area contributed by atoms with Crippen LogP contribution in [0.25, 0.3) is 22.8 Å². The second-order valence-electron chi connectivity index (χ2n) is 8.13. The molecule has 1 aliphatic carbocycles. The minimum atomic E-state index is -0.646. The van der Waals surface area contributed by atoms with Gasteiger partial charge in [-0.25, -0.2) is 0 Å².